The monoisotopic (exact) mass is 466 g/mol. The molecule has 2 amide bonds. The molecule has 1 fully saturated rings. The Morgan fingerprint density at radius 1 is 0.941 bits per heavy atom. The fourth-order valence-electron chi connectivity index (χ4n) is 4.80. The molecular weight excluding hydrogens is 432 g/mol. The van der Waals surface area contributed by atoms with Crippen molar-refractivity contribution in [2.24, 2.45) is 5.92 Å². The predicted octanol–water partition coefficient (Wildman–Crippen LogP) is 5.21. The summed E-state index contributed by atoms with van der Waals surface area (Å²) in [4.78, 5) is 28.1. The van der Waals surface area contributed by atoms with E-state index in [9.17, 15) is 9.59 Å². The molecule has 0 aromatic heterocycles. The van der Waals surface area contributed by atoms with Crippen LogP contribution in [0.5, 0.6) is 17.2 Å². The lowest BCUT2D eigenvalue weighted by molar-refractivity contribution is -0.122. The van der Waals surface area contributed by atoms with E-state index >= 15 is 0 Å². The number of fused-ring (bicyclic) bond motifs is 1. The first-order valence-electron chi connectivity index (χ1n) is 12.4. The van der Waals surface area contributed by atoms with Crippen LogP contribution >= 0.6 is 0 Å². The van der Waals surface area contributed by atoms with E-state index in [2.05, 4.69) is 5.32 Å². The summed E-state index contributed by atoms with van der Waals surface area (Å²) in [6.07, 6.45) is 5.05. The zero-order chi connectivity index (χ0) is 24.1. The van der Waals surface area contributed by atoms with Gasteiger partial charge >= 0.3 is 0 Å². The third-order valence-corrected chi connectivity index (χ3v) is 6.38. The van der Waals surface area contributed by atoms with Gasteiger partial charge in [-0.3, -0.25) is 9.59 Å². The molecule has 0 atom stereocenters. The molecule has 1 heterocycles. The van der Waals surface area contributed by atoms with Crippen molar-refractivity contribution < 1.29 is 23.8 Å². The summed E-state index contributed by atoms with van der Waals surface area (Å²) < 4.78 is 17.2. The molecule has 1 saturated carbocycles. The first-order chi connectivity index (χ1) is 16.5. The highest BCUT2D eigenvalue weighted by molar-refractivity contribution is 6.06. The zero-order valence-corrected chi connectivity index (χ0v) is 20.3. The highest BCUT2D eigenvalue weighted by atomic mass is 16.5. The Labute approximate surface area is 201 Å². The average Bonchev–Trinajstić information content (AvgIpc) is 3.51. The molecule has 0 bridgehead atoms. The van der Waals surface area contributed by atoms with Crippen molar-refractivity contribution in [3.63, 3.8) is 0 Å². The second-order valence-electron chi connectivity index (χ2n) is 8.62. The average molecular weight is 467 g/mol. The van der Waals surface area contributed by atoms with E-state index in [4.69, 9.17) is 14.2 Å². The van der Waals surface area contributed by atoms with Crippen LogP contribution in [0.3, 0.4) is 0 Å². The number of ether oxygens (including phenoxy) is 3. The van der Waals surface area contributed by atoms with E-state index in [1.54, 1.807) is 12.1 Å². The molecule has 4 rings (SSSR count). The van der Waals surface area contributed by atoms with Gasteiger partial charge in [0.15, 0.2) is 11.5 Å². The molecule has 7 nitrogen and oxygen atoms in total. The summed E-state index contributed by atoms with van der Waals surface area (Å²) in [5.41, 5.74) is 3.11. The smallest absolute Gasteiger partial charge is 0.255 e. The second kappa shape index (κ2) is 10.8. The fourth-order valence-corrected chi connectivity index (χ4v) is 4.80. The van der Waals surface area contributed by atoms with Gasteiger partial charge in [0.2, 0.25) is 11.7 Å². The van der Waals surface area contributed by atoms with Crippen LogP contribution in [0.1, 0.15) is 62.4 Å². The van der Waals surface area contributed by atoms with Gasteiger partial charge in [-0.25, -0.2) is 0 Å². The molecule has 1 aliphatic heterocycles. The predicted molar refractivity (Wildman–Crippen MR) is 132 cm³/mol. The van der Waals surface area contributed by atoms with Crippen LogP contribution in [-0.2, 0) is 11.2 Å². The van der Waals surface area contributed by atoms with Crippen LogP contribution in [0.15, 0.2) is 30.3 Å². The Balaban J connectivity index is 1.57. The number of benzene rings is 2. The first-order valence-corrected chi connectivity index (χ1v) is 12.4. The van der Waals surface area contributed by atoms with Gasteiger partial charge in [0.1, 0.15) is 0 Å². The molecule has 34 heavy (non-hydrogen) atoms. The third-order valence-electron chi connectivity index (χ3n) is 6.38. The number of rotatable bonds is 9. The van der Waals surface area contributed by atoms with Gasteiger partial charge in [0.05, 0.1) is 19.8 Å². The second-order valence-corrected chi connectivity index (χ2v) is 8.62. The standard InChI is InChI=1S/C27H34N2O5/c1-4-32-23-15-20(16-24(33-5-2)25(23)34-6-3)26(30)28-21-12-11-18-13-14-29(22(18)17-21)27(31)19-9-7-8-10-19/h11-12,15-17,19H,4-10,13-14H2,1-3H3,(H,28,30). The molecule has 7 heteroatoms. The molecule has 1 aliphatic carbocycles. The lowest BCUT2D eigenvalue weighted by Gasteiger charge is -2.22. The van der Waals surface area contributed by atoms with Crippen molar-refractivity contribution in [1.82, 2.24) is 0 Å². The molecule has 2 aliphatic rings. The topological polar surface area (TPSA) is 77.1 Å². The number of hydrogen-bond donors (Lipinski definition) is 1. The highest BCUT2D eigenvalue weighted by Crippen LogP contribution is 2.40. The van der Waals surface area contributed by atoms with Gasteiger partial charge < -0.3 is 24.4 Å². The number of nitrogens with zero attached hydrogens (tertiary/aromatic N) is 1. The van der Waals surface area contributed by atoms with Gasteiger partial charge in [-0.15, -0.1) is 0 Å². The molecule has 0 unspecified atom stereocenters. The van der Waals surface area contributed by atoms with E-state index in [0.29, 0.717) is 54.9 Å². The summed E-state index contributed by atoms with van der Waals surface area (Å²) in [5.74, 6) is 1.51. The summed E-state index contributed by atoms with van der Waals surface area (Å²) in [7, 11) is 0. The van der Waals surface area contributed by atoms with Crippen LogP contribution in [0.4, 0.5) is 11.4 Å². The summed E-state index contributed by atoms with van der Waals surface area (Å²) in [5, 5.41) is 2.98. The number of nitrogens with one attached hydrogen (secondary N) is 1. The van der Waals surface area contributed by atoms with Gasteiger partial charge in [0, 0.05) is 29.4 Å². The van der Waals surface area contributed by atoms with Crippen LogP contribution < -0.4 is 24.4 Å². The maximum Gasteiger partial charge on any atom is 0.255 e. The lowest BCUT2D eigenvalue weighted by Crippen LogP contribution is -2.33. The number of carbonyl (C=O) groups excluding carboxylic acids is 2. The molecule has 1 N–H and O–H groups in total. The quantitative estimate of drug-likeness (QED) is 0.549. The largest absolute Gasteiger partial charge is 0.490 e. The maximum atomic E-state index is 13.2. The van der Waals surface area contributed by atoms with Crippen molar-refractivity contribution in [3.8, 4) is 17.2 Å². The van der Waals surface area contributed by atoms with Crippen molar-refractivity contribution in [2.75, 3.05) is 36.6 Å². The SMILES string of the molecule is CCOc1cc(C(=O)Nc2ccc3c(c2)N(C(=O)C2CCCC2)CC3)cc(OCC)c1OCC. The van der Waals surface area contributed by atoms with Gasteiger partial charge in [-0.2, -0.15) is 0 Å². The Morgan fingerprint density at radius 3 is 2.21 bits per heavy atom. The van der Waals surface area contributed by atoms with E-state index in [1.807, 2.05) is 43.9 Å². The first kappa shape index (κ1) is 23.9. The molecule has 0 saturated heterocycles. The summed E-state index contributed by atoms with van der Waals surface area (Å²) in [6.45, 7) is 7.69. The summed E-state index contributed by atoms with van der Waals surface area (Å²) >= 11 is 0. The van der Waals surface area contributed by atoms with Crippen LogP contribution in [-0.4, -0.2) is 38.2 Å². The van der Waals surface area contributed by atoms with Crippen molar-refractivity contribution in [1.29, 1.82) is 0 Å². The Morgan fingerprint density at radius 2 is 1.59 bits per heavy atom. The number of carbonyl (C=O) groups is 2. The molecule has 2 aromatic rings. The van der Waals surface area contributed by atoms with Crippen LogP contribution in [0, 0.1) is 5.92 Å². The molecule has 0 spiro atoms. The molecule has 182 valence electrons. The third kappa shape index (κ3) is 4.98. The molecule has 0 radical (unpaired) electrons. The van der Waals surface area contributed by atoms with Crippen molar-refractivity contribution >= 4 is 23.2 Å². The van der Waals surface area contributed by atoms with Crippen LogP contribution in [0.2, 0.25) is 0 Å². The van der Waals surface area contributed by atoms with E-state index in [-0.39, 0.29) is 17.7 Å². The number of anilines is 2. The Kier molecular flexibility index (Phi) is 7.60. The minimum atomic E-state index is -0.281. The minimum Gasteiger partial charge on any atom is -0.490 e. The Bertz CT molecular complexity index is 1020. The van der Waals surface area contributed by atoms with Crippen LogP contribution in [0.25, 0.3) is 0 Å². The van der Waals surface area contributed by atoms with E-state index in [1.165, 1.54) is 0 Å². The molecular formula is C27H34N2O5. The maximum absolute atomic E-state index is 13.2. The normalized spacial score (nSPS) is 15.2. The lowest BCUT2D eigenvalue weighted by atomic mass is 10.1. The van der Waals surface area contributed by atoms with Crippen molar-refractivity contribution in [2.45, 2.75) is 52.9 Å². The van der Waals surface area contributed by atoms with Gasteiger partial charge in [-0.1, -0.05) is 18.9 Å². The fraction of sp³-hybridized carbons (Fsp3) is 0.481. The van der Waals surface area contributed by atoms with Gasteiger partial charge in [0.25, 0.3) is 5.91 Å². The highest BCUT2D eigenvalue weighted by Gasteiger charge is 2.32. The zero-order valence-electron chi connectivity index (χ0n) is 20.3. The number of hydrogen-bond acceptors (Lipinski definition) is 5. The summed E-state index contributed by atoms with van der Waals surface area (Å²) in [6, 6.07) is 9.16. The minimum absolute atomic E-state index is 0.127. The van der Waals surface area contributed by atoms with Gasteiger partial charge in [-0.05, 0) is 69.9 Å². The van der Waals surface area contributed by atoms with E-state index < -0.39 is 0 Å². The Hall–Kier alpha value is -3.22. The van der Waals surface area contributed by atoms with E-state index in [0.717, 1.165) is 43.4 Å². The molecule has 2 aromatic carbocycles. The number of amides is 2. The van der Waals surface area contributed by atoms with Crippen molar-refractivity contribution in [3.05, 3.63) is 41.5 Å².